The lowest BCUT2D eigenvalue weighted by Gasteiger charge is -2.34. The van der Waals surface area contributed by atoms with E-state index in [0.717, 1.165) is 25.3 Å². The summed E-state index contributed by atoms with van der Waals surface area (Å²) < 4.78 is 11.5. The molecule has 0 bridgehead atoms. The lowest BCUT2D eigenvalue weighted by atomic mass is 9.80. The van der Waals surface area contributed by atoms with Crippen LogP contribution in [0.3, 0.4) is 0 Å². The first-order valence-electron chi connectivity index (χ1n) is 7.98. The summed E-state index contributed by atoms with van der Waals surface area (Å²) in [6.07, 6.45) is 5.15. The fourth-order valence-electron chi connectivity index (χ4n) is 3.83. The van der Waals surface area contributed by atoms with Gasteiger partial charge in [-0.2, -0.15) is 0 Å². The van der Waals surface area contributed by atoms with Crippen molar-refractivity contribution in [2.75, 3.05) is 26.9 Å². The average Bonchev–Trinajstić information content (AvgIpc) is 2.97. The van der Waals surface area contributed by atoms with Gasteiger partial charge < -0.3 is 14.8 Å². The molecule has 0 radical (unpaired) electrons. The normalized spacial score (nSPS) is 33.3. The molecule has 2 unspecified atom stereocenters. The van der Waals surface area contributed by atoms with Gasteiger partial charge in [-0.15, -0.1) is 0 Å². The second-order valence-electron chi connectivity index (χ2n) is 6.47. The Bertz CT molecular complexity index is 498. The van der Waals surface area contributed by atoms with Crippen LogP contribution in [-0.2, 0) is 15.1 Å². The number of nitrogens with zero attached hydrogens (tertiary/aromatic N) is 1. The monoisotopic (exact) mass is 290 g/mol. The SMILES string of the molecule is COC1(c2nccc(C)c2C2CCN[C@H](C)C2)CCOC1. The molecule has 0 aromatic carbocycles. The van der Waals surface area contributed by atoms with Gasteiger partial charge in [0.05, 0.1) is 12.3 Å². The molecule has 2 fully saturated rings. The molecule has 0 spiro atoms. The van der Waals surface area contributed by atoms with Gasteiger partial charge >= 0.3 is 0 Å². The average molecular weight is 290 g/mol. The molecule has 21 heavy (non-hydrogen) atoms. The van der Waals surface area contributed by atoms with Crippen molar-refractivity contribution in [3.05, 3.63) is 29.1 Å². The maximum absolute atomic E-state index is 5.90. The van der Waals surface area contributed by atoms with Crippen molar-refractivity contribution in [1.82, 2.24) is 10.3 Å². The van der Waals surface area contributed by atoms with Gasteiger partial charge in [0, 0.05) is 32.4 Å². The molecule has 3 rings (SSSR count). The van der Waals surface area contributed by atoms with E-state index in [1.807, 2.05) is 6.20 Å². The number of methoxy groups -OCH3 is 1. The van der Waals surface area contributed by atoms with Crippen molar-refractivity contribution in [3.8, 4) is 0 Å². The summed E-state index contributed by atoms with van der Waals surface area (Å²) in [6.45, 7) is 6.92. The minimum absolute atomic E-state index is 0.352. The number of ether oxygens (including phenoxy) is 2. The Hall–Kier alpha value is -0.970. The maximum atomic E-state index is 5.90. The standard InChI is InChI=1S/C17H26N2O2/c1-12-4-7-19-16(17(20-3)6-9-21-11-17)15(12)14-5-8-18-13(2)10-14/h4,7,13-14,18H,5-6,8-11H2,1-3H3/t13-,14?,17?/m1/s1. The van der Waals surface area contributed by atoms with Gasteiger partial charge in [-0.05, 0) is 56.3 Å². The summed E-state index contributed by atoms with van der Waals surface area (Å²) in [6, 6.07) is 2.69. The minimum Gasteiger partial charge on any atom is -0.378 e. The molecule has 4 heteroatoms. The van der Waals surface area contributed by atoms with E-state index in [9.17, 15) is 0 Å². The van der Waals surface area contributed by atoms with Crippen molar-refractivity contribution >= 4 is 0 Å². The van der Waals surface area contributed by atoms with Crippen molar-refractivity contribution < 1.29 is 9.47 Å². The van der Waals surface area contributed by atoms with Crippen LogP contribution in [0.1, 0.15) is 48.9 Å². The highest BCUT2D eigenvalue weighted by Crippen LogP contribution is 2.40. The summed E-state index contributed by atoms with van der Waals surface area (Å²) in [5.74, 6) is 0.567. The number of hydrogen-bond donors (Lipinski definition) is 1. The van der Waals surface area contributed by atoms with Crippen LogP contribution < -0.4 is 5.32 Å². The van der Waals surface area contributed by atoms with Crippen LogP contribution in [0.2, 0.25) is 0 Å². The van der Waals surface area contributed by atoms with Crippen molar-refractivity contribution in [2.45, 2.75) is 50.7 Å². The Morgan fingerprint density at radius 3 is 3.00 bits per heavy atom. The van der Waals surface area contributed by atoms with Crippen LogP contribution in [0.5, 0.6) is 0 Å². The van der Waals surface area contributed by atoms with Gasteiger partial charge in [-0.3, -0.25) is 4.98 Å². The fraction of sp³-hybridized carbons (Fsp3) is 0.706. The van der Waals surface area contributed by atoms with Crippen LogP contribution in [0.4, 0.5) is 0 Å². The first-order valence-corrected chi connectivity index (χ1v) is 7.98. The van der Waals surface area contributed by atoms with Gasteiger partial charge in [0.1, 0.15) is 5.60 Å². The Kier molecular flexibility index (Phi) is 4.29. The molecule has 3 heterocycles. The maximum Gasteiger partial charge on any atom is 0.135 e. The number of aromatic nitrogens is 1. The number of hydrogen-bond acceptors (Lipinski definition) is 4. The Morgan fingerprint density at radius 2 is 2.33 bits per heavy atom. The van der Waals surface area contributed by atoms with E-state index in [1.54, 1.807) is 7.11 Å². The van der Waals surface area contributed by atoms with Crippen LogP contribution in [0, 0.1) is 6.92 Å². The summed E-state index contributed by atoms with van der Waals surface area (Å²) >= 11 is 0. The second-order valence-corrected chi connectivity index (χ2v) is 6.47. The first-order chi connectivity index (χ1) is 10.2. The Labute approximate surface area is 127 Å². The lowest BCUT2D eigenvalue weighted by molar-refractivity contribution is -0.0257. The summed E-state index contributed by atoms with van der Waals surface area (Å²) in [4.78, 5) is 4.74. The largest absolute Gasteiger partial charge is 0.378 e. The van der Waals surface area contributed by atoms with Gasteiger partial charge in [0.15, 0.2) is 0 Å². The predicted octanol–water partition coefficient (Wildman–Crippen LogP) is 2.51. The van der Waals surface area contributed by atoms with Crippen LogP contribution >= 0.6 is 0 Å². The molecule has 3 atom stereocenters. The molecule has 116 valence electrons. The molecule has 0 amide bonds. The zero-order valence-electron chi connectivity index (χ0n) is 13.3. The number of rotatable bonds is 3. The van der Waals surface area contributed by atoms with E-state index in [4.69, 9.17) is 14.5 Å². The van der Waals surface area contributed by atoms with E-state index in [0.29, 0.717) is 18.6 Å². The zero-order valence-corrected chi connectivity index (χ0v) is 13.3. The Balaban J connectivity index is 2.03. The molecular weight excluding hydrogens is 264 g/mol. The van der Waals surface area contributed by atoms with E-state index in [1.165, 1.54) is 24.0 Å². The summed E-state index contributed by atoms with van der Waals surface area (Å²) in [5.41, 5.74) is 3.50. The van der Waals surface area contributed by atoms with E-state index in [2.05, 4.69) is 25.2 Å². The summed E-state index contributed by atoms with van der Waals surface area (Å²) in [7, 11) is 1.79. The third-order valence-electron chi connectivity index (χ3n) is 5.05. The highest BCUT2D eigenvalue weighted by atomic mass is 16.5. The lowest BCUT2D eigenvalue weighted by Crippen LogP contribution is -2.37. The van der Waals surface area contributed by atoms with E-state index >= 15 is 0 Å². The van der Waals surface area contributed by atoms with Gasteiger partial charge in [-0.25, -0.2) is 0 Å². The molecule has 1 aromatic heterocycles. The molecule has 1 N–H and O–H groups in total. The molecule has 2 saturated heterocycles. The quantitative estimate of drug-likeness (QED) is 0.929. The van der Waals surface area contributed by atoms with Crippen molar-refractivity contribution in [3.63, 3.8) is 0 Å². The number of aryl methyl sites for hydroxylation is 1. The predicted molar refractivity (Wildman–Crippen MR) is 82.5 cm³/mol. The third kappa shape index (κ3) is 2.72. The van der Waals surface area contributed by atoms with Gasteiger partial charge in [0.25, 0.3) is 0 Å². The smallest absolute Gasteiger partial charge is 0.135 e. The molecule has 0 aliphatic carbocycles. The molecule has 1 aromatic rings. The topological polar surface area (TPSA) is 43.4 Å². The minimum atomic E-state index is -0.352. The van der Waals surface area contributed by atoms with Crippen molar-refractivity contribution in [1.29, 1.82) is 0 Å². The summed E-state index contributed by atoms with van der Waals surface area (Å²) in [5, 5.41) is 3.54. The molecule has 0 saturated carbocycles. The van der Waals surface area contributed by atoms with Crippen LogP contribution in [0.15, 0.2) is 12.3 Å². The highest BCUT2D eigenvalue weighted by Gasteiger charge is 2.41. The third-order valence-corrected chi connectivity index (χ3v) is 5.05. The molecule has 2 aliphatic heterocycles. The van der Waals surface area contributed by atoms with E-state index < -0.39 is 0 Å². The molecular formula is C17H26N2O2. The zero-order chi connectivity index (χ0) is 14.9. The molecule has 2 aliphatic rings. The number of piperidine rings is 1. The molecule has 4 nitrogen and oxygen atoms in total. The fourth-order valence-corrected chi connectivity index (χ4v) is 3.83. The van der Waals surface area contributed by atoms with Gasteiger partial charge in [-0.1, -0.05) is 0 Å². The Morgan fingerprint density at radius 1 is 1.48 bits per heavy atom. The first kappa shape index (κ1) is 14.9. The highest BCUT2D eigenvalue weighted by molar-refractivity contribution is 5.37. The van der Waals surface area contributed by atoms with Crippen LogP contribution in [-0.4, -0.2) is 37.9 Å². The second kappa shape index (κ2) is 6.03. The van der Waals surface area contributed by atoms with Crippen LogP contribution in [0.25, 0.3) is 0 Å². The number of pyridine rings is 1. The number of nitrogens with one attached hydrogen (secondary N) is 1. The van der Waals surface area contributed by atoms with Gasteiger partial charge in [0.2, 0.25) is 0 Å². The van der Waals surface area contributed by atoms with Crippen molar-refractivity contribution in [2.24, 2.45) is 0 Å². The van der Waals surface area contributed by atoms with E-state index in [-0.39, 0.29) is 5.60 Å².